The monoisotopic (exact) mass is 334 g/mol. The minimum absolute atomic E-state index is 0.165. The van der Waals surface area contributed by atoms with Crippen LogP contribution >= 0.6 is 0 Å². The Bertz CT molecular complexity index is 814. The molecule has 0 saturated carbocycles. The number of hydrogen-bond donors (Lipinski definition) is 1. The van der Waals surface area contributed by atoms with Gasteiger partial charge in [0.15, 0.2) is 5.82 Å². The normalized spacial score (nSPS) is 10.7. The molecule has 3 aromatic rings. The molecular formula is C20H22N4O. The Morgan fingerprint density at radius 1 is 1.00 bits per heavy atom. The summed E-state index contributed by atoms with van der Waals surface area (Å²) in [5.74, 6) is 1.56. The van der Waals surface area contributed by atoms with Crippen molar-refractivity contribution in [2.45, 2.75) is 33.4 Å². The molecule has 0 spiro atoms. The topological polar surface area (TPSA) is 59.9 Å². The van der Waals surface area contributed by atoms with Crippen LogP contribution in [0.1, 0.15) is 25.1 Å². The maximum atomic E-state index is 5.65. The van der Waals surface area contributed by atoms with Crippen LogP contribution in [0.15, 0.2) is 55.0 Å². The number of nitrogens with zero attached hydrogens (tertiary/aromatic N) is 3. The van der Waals surface area contributed by atoms with Crippen molar-refractivity contribution in [2.75, 3.05) is 5.32 Å². The van der Waals surface area contributed by atoms with Crippen LogP contribution in [0.2, 0.25) is 0 Å². The largest absolute Gasteiger partial charge is 0.491 e. The van der Waals surface area contributed by atoms with Gasteiger partial charge < -0.3 is 10.1 Å². The van der Waals surface area contributed by atoms with E-state index in [2.05, 4.69) is 20.3 Å². The fourth-order valence-electron chi connectivity index (χ4n) is 2.41. The number of anilines is 1. The highest BCUT2D eigenvalue weighted by Crippen LogP contribution is 2.20. The van der Waals surface area contributed by atoms with Crippen LogP contribution in [0, 0.1) is 6.92 Å². The van der Waals surface area contributed by atoms with Crippen molar-refractivity contribution < 1.29 is 4.74 Å². The lowest BCUT2D eigenvalue weighted by Crippen LogP contribution is -2.05. The number of rotatable bonds is 6. The Kier molecular flexibility index (Phi) is 5.23. The van der Waals surface area contributed by atoms with Crippen LogP contribution in [-0.2, 0) is 6.54 Å². The SMILES string of the molecule is Cc1cc(NCc2cnc(-c3ccc(OC(C)C)cc3)nc2)ccn1. The summed E-state index contributed by atoms with van der Waals surface area (Å²) in [5.41, 5.74) is 4.03. The van der Waals surface area contributed by atoms with Crippen molar-refractivity contribution >= 4 is 5.69 Å². The van der Waals surface area contributed by atoms with E-state index in [-0.39, 0.29) is 6.10 Å². The van der Waals surface area contributed by atoms with E-state index in [0.717, 1.165) is 28.3 Å². The van der Waals surface area contributed by atoms with Gasteiger partial charge in [0.05, 0.1) is 6.10 Å². The van der Waals surface area contributed by atoms with Crippen LogP contribution in [0.4, 0.5) is 5.69 Å². The quantitative estimate of drug-likeness (QED) is 0.730. The summed E-state index contributed by atoms with van der Waals surface area (Å²) in [7, 11) is 0. The molecule has 0 bridgehead atoms. The number of benzene rings is 1. The number of aryl methyl sites for hydroxylation is 1. The van der Waals surface area contributed by atoms with Crippen molar-refractivity contribution in [1.29, 1.82) is 0 Å². The smallest absolute Gasteiger partial charge is 0.159 e. The van der Waals surface area contributed by atoms with Gasteiger partial charge in [-0.05, 0) is 57.2 Å². The molecule has 1 aromatic carbocycles. The zero-order chi connectivity index (χ0) is 17.6. The van der Waals surface area contributed by atoms with Gasteiger partial charge in [-0.15, -0.1) is 0 Å². The van der Waals surface area contributed by atoms with Crippen LogP contribution in [-0.4, -0.2) is 21.1 Å². The first kappa shape index (κ1) is 16.9. The lowest BCUT2D eigenvalue weighted by atomic mass is 10.2. The average molecular weight is 334 g/mol. The molecule has 5 heteroatoms. The van der Waals surface area contributed by atoms with E-state index >= 15 is 0 Å². The van der Waals surface area contributed by atoms with Crippen molar-refractivity contribution in [3.8, 4) is 17.1 Å². The zero-order valence-electron chi connectivity index (χ0n) is 14.7. The second kappa shape index (κ2) is 7.75. The van der Waals surface area contributed by atoms with Gasteiger partial charge in [-0.3, -0.25) is 4.98 Å². The van der Waals surface area contributed by atoms with Crippen LogP contribution in [0.25, 0.3) is 11.4 Å². The summed E-state index contributed by atoms with van der Waals surface area (Å²) in [6, 6.07) is 11.8. The Labute approximate surface area is 148 Å². The molecule has 2 heterocycles. The average Bonchev–Trinajstić information content (AvgIpc) is 2.61. The summed E-state index contributed by atoms with van der Waals surface area (Å²) in [6.07, 6.45) is 5.66. The molecule has 2 aromatic heterocycles. The third-order valence-electron chi connectivity index (χ3n) is 3.58. The van der Waals surface area contributed by atoms with Gasteiger partial charge in [-0.1, -0.05) is 0 Å². The molecule has 0 aliphatic heterocycles. The highest BCUT2D eigenvalue weighted by molar-refractivity contribution is 5.56. The molecule has 0 amide bonds. The number of aromatic nitrogens is 3. The molecule has 1 N–H and O–H groups in total. The van der Waals surface area contributed by atoms with E-state index in [1.807, 2.05) is 69.6 Å². The maximum absolute atomic E-state index is 5.65. The minimum atomic E-state index is 0.165. The predicted molar refractivity (Wildman–Crippen MR) is 99.5 cm³/mol. The Hall–Kier alpha value is -2.95. The number of nitrogens with one attached hydrogen (secondary N) is 1. The van der Waals surface area contributed by atoms with Gasteiger partial charge in [0.1, 0.15) is 5.75 Å². The molecule has 0 atom stereocenters. The van der Waals surface area contributed by atoms with Gasteiger partial charge in [-0.25, -0.2) is 9.97 Å². The molecule has 0 aliphatic rings. The van der Waals surface area contributed by atoms with Gasteiger partial charge in [-0.2, -0.15) is 0 Å². The standard InChI is InChI=1S/C20H22N4O/c1-14(2)25-19-6-4-17(5-7-19)20-23-12-16(13-24-20)11-22-18-8-9-21-15(3)10-18/h4-10,12-14H,11H2,1-3H3,(H,21,22). The molecule has 0 unspecified atom stereocenters. The van der Waals surface area contributed by atoms with Gasteiger partial charge in [0.25, 0.3) is 0 Å². The van der Waals surface area contributed by atoms with E-state index in [1.54, 1.807) is 6.20 Å². The van der Waals surface area contributed by atoms with Crippen LogP contribution in [0.5, 0.6) is 5.75 Å². The minimum Gasteiger partial charge on any atom is -0.491 e. The molecule has 128 valence electrons. The molecule has 0 saturated heterocycles. The highest BCUT2D eigenvalue weighted by Gasteiger charge is 2.04. The third kappa shape index (κ3) is 4.76. The predicted octanol–water partition coefficient (Wildman–Crippen LogP) is 4.25. The number of pyridine rings is 1. The van der Waals surface area contributed by atoms with Gasteiger partial charge in [0.2, 0.25) is 0 Å². The lowest BCUT2D eigenvalue weighted by Gasteiger charge is -2.10. The molecular weight excluding hydrogens is 312 g/mol. The van der Waals surface area contributed by atoms with Crippen molar-refractivity contribution in [1.82, 2.24) is 15.0 Å². The second-order valence-corrected chi connectivity index (χ2v) is 6.15. The fourth-order valence-corrected chi connectivity index (χ4v) is 2.41. The second-order valence-electron chi connectivity index (χ2n) is 6.15. The van der Waals surface area contributed by atoms with E-state index < -0.39 is 0 Å². The summed E-state index contributed by atoms with van der Waals surface area (Å²) in [5, 5.41) is 3.35. The Balaban J connectivity index is 1.63. The van der Waals surface area contributed by atoms with Crippen LogP contribution in [0.3, 0.4) is 0 Å². The van der Waals surface area contributed by atoms with Crippen molar-refractivity contribution in [3.05, 3.63) is 66.2 Å². The van der Waals surface area contributed by atoms with E-state index in [0.29, 0.717) is 12.4 Å². The lowest BCUT2D eigenvalue weighted by molar-refractivity contribution is 0.242. The van der Waals surface area contributed by atoms with Crippen molar-refractivity contribution in [2.24, 2.45) is 0 Å². The molecule has 0 aliphatic carbocycles. The Morgan fingerprint density at radius 2 is 1.72 bits per heavy atom. The zero-order valence-corrected chi connectivity index (χ0v) is 14.7. The summed E-state index contributed by atoms with van der Waals surface area (Å²) in [4.78, 5) is 13.1. The molecule has 5 nitrogen and oxygen atoms in total. The summed E-state index contributed by atoms with van der Waals surface area (Å²) in [6.45, 7) is 6.67. The number of hydrogen-bond acceptors (Lipinski definition) is 5. The first-order valence-corrected chi connectivity index (χ1v) is 8.35. The van der Waals surface area contributed by atoms with E-state index in [1.165, 1.54) is 0 Å². The fraction of sp³-hybridized carbons (Fsp3) is 0.250. The molecule has 25 heavy (non-hydrogen) atoms. The number of ether oxygens (including phenoxy) is 1. The third-order valence-corrected chi connectivity index (χ3v) is 3.58. The van der Waals surface area contributed by atoms with Crippen molar-refractivity contribution in [3.63, 3.8) is 0 Å². The summed E-state index contributed by atoms with van der Waals surface area (Å²) >= 11 is 0. The maximum Gasteiger partial charge on any atom is 0.159 e. The molecule has 0 radical (unpaired) electrons. The molecule has 3 rings (SSSR count). The van der Waals surface area contributed by atoms with E-state index in [9.17, 15) is 0 Å². The highest BCUT2D eigenvalue weighted by atomic mass is 16.5. The first-order valence-electron chi connectivity index (χ1n) is 8.35. The molecule has 0 fully saturated rings. The van der Waals surface area contributed by atoms with Gasteiger partial charge in [0, 0.05) is 47.6 Å². The summed E-state index contributed by atoms with van der Waals surface area (Å²) < 4.78 is 5.65. The first-order chi connectivity index (χ1) is 12.1. The van der Waals surface area contributed by atoms with E-state index in [4.69, 9.17) is 4.74 Å². The van der Waals surface area contributed by atoms with Crippen LogP contribution < -0.4 is 10.1 Å². The van der Waals surface area contributed by atoms with Gasteiger partial charge >= 0.3 is 0 Å². The Morgan fingerprint density at radius 3 is 2.36 bits per heavy atom.